The van der Waals surface area contributed by atoms with Gasteiger partial charge in [0.25, 0.3) is 0 Å². The van der Waals surface area contributed by atoms with Crippen molar-refractivity contribution in [2.75, 3.05) is 13.2 Å². The van der Waals surface area contributed by atoms with Crippen LogP contribution < -0.4 is 22.1 Å². The summed E-state index contributed by atoms with van der Waals surface area (Å²) in [7, 11) is 0. The van der Waals surface area contributed by atoms with Crippen LogP contribution in [0.4, 0.5) is 9.59 Å². The van der Waals surface area contributed by atoms with Gasteiger partial charge in [0.05, 0.1) is 13.2 Å². The quantitative estimate of drug-likeness (QED) is 0.263. The van der Waals surface area contributed by atoms with Gasteiger partial charge in [-0.15, -0.1) is 0 Å². The zero-order valence-corrected chi connectivity index (χ0v) is 6.78. The lowest BCUT2D eigenvalue weighted by atomic mass is 10.2. The normalized spacial score (nSPS) is 10.6. The van der Waals surface area contributed by atoms with E-state index in [0.717, 1.165) is 0 Å². The van der Waals surface area contributed by atoms with Crippen molar-refractivity contribution in [3.05, 3.63) is 0 Å². The third-order valence-corrected chi connectivity index (χ3v) is 1.26. The molecule has 0 saturated heterocycles. The lowest BCUT2D eigenvalue weighted by Crippen LogP contribution is -2.67. The summed E-state index contributed by atoms with van der Waals surface area (Å²) in [5.74, 6) is 0. The molecule has 0 rings (SSSR count). The SMILES string of the molecule is NC(=O)NC(CO)(CO)NC(N)=O. The Kier molecular flexibility index (Phi) is 3.95. The Balaban J connectivity index is 4.48. The molecule has 0 fully saturated rings. The number of primary amides is 2. The maximum atomic E-state index is 10.4. The zero-order valence-electron chi connectivity index (χ0n) is 6.78. The van der Waals surface area contributed by atoms with Crippen molar-refractivity contribution in [3.8, 4) is 0 Å². The molecule has 0 aliphatic rings. The Morgan fingerprint density at radius 3 is 1.54 bits per heavy atom. The molecule has 8 N–H and O–H groups in total. The number of hydrogen-bond acceptors (Lipinski definition) is 4. The Bertz CT molecular complexity index is 185. The van der Waals surface area contributed by atoms with Gasteiger partial charge in [-0.2, -0.15) is 0 Å². The molecule has 0 atom stereocenters. The van der Waals surface area contributed by atoms with Gasteiger partial charge in [-0.3, -0.25) is 0 Å². The molecule has 0 spiro atoms. The van der Waals surface area contributed by atoms with Crippen molar-refractivity contribution in [1.82, 2.24) is 10.6 Å². The predicted octanol–water partition coefficient (Wildman–Crippen LogP) is -3.00. The predicted molar refractivity (Wildman–Crippen MR) is 42.3 cm³/mol. The standard InChI is InChI=1S/C5H12N4O4/c6-3(12)8-5(1-10,2-11)9-4(7)13/h10-11H,1-2H2,(H3,6,8,12)(H3,7,9,13). The Hall–Kier alpha value is -1.54. The number of nitrogens with two attached hydrogens (primary N) is 2. The number of nitrogens with one attached hydrogen (secondary N) is 2. The van der Waals surface area contributed by atoms with Gasteiger partial charge >= 0.3 is 12.1 Å². The van der Waals surface area contributed by atoms with Crippen molar-refractivity contribution in [2.24, 2.45) is 11.5 Å². The van der Waals surface area contributed by atoms with E-state index in [4.69, 9.17) is 21.7 Å². The highest BCUT2D eigenvalue weighted by Gasteiger charge is 2.31. The van der Waals surface area contributed by atoms with Gasteiger partial charge < -0.3 is 32.3 Å². The Labute approximate surface area is 73.9 Å². The third kappa shape index (κ3) is 3.58. The molecule has 0 heterocycles. The van der Waals surface area contributed by atoms with Crippen LogP contribution >= 0.6 is 0 Å². The molecule has 0 saturated carbocycles. The first-order chi connectivity index (χ1) is 5.95. The highest BCUT2D eigenvalue weighted by molar-refractivity contribution is 5.76. The van der Waals surface area contributed by atoms with Gasteiger partial charge in [-0.1, -0.05) is 0 Å². The number of hydrogen-bond donors (Lipinski definition) is 6. The summed E-state index contributed by atoms with van der Waals surface area (Å²) in [5.41, 5.74) is 7.77. The average molecular weight is 192 g/mol. The highest BCUT2D eigenvalue weighted by atomic mass is 16.3. The van der Waals surface area contributed by atoms with E-state index >= 15 is 0 Å². The maximum Gasteiger partial charge on any atom is 0.314 e. The van der Waals surface area contributed by atoms with Gasteiger partial charge in [0.1, 0.15) is 0 Å². The summed E-state index contributed by atoms with van der Waals surface area (Å²) < 4.78 is 0. The molecule has 0 radical (unpaired) electrons. The zero-order chi connectivity index (χ0) is 10.5. The largest absolute Gasteiger partial charge is 0.392 e. The summed E-state index contributed by atoms with van der Waals surface area (Å²) >= 11 is 0. The summed E-state index contributed by atoms with van der Waals surface area (Å²) in [6.07, 6.45) is 0. The number of carbonyl (C=O) groups excluding carboxylic acids is 2. The van der Waals surface area contributed by atoms with Crippen LogP contribution in [0.1, 0.15) is 0 Å². The molecule has 0 aromatic heterocycles. The number of rotatable bonds is 4. The molecule has 0 unspecified atom stereocenters. The summed E-state index contributed by atoms with van der Waals surface area (Å²) in [4.78, 5) is 20.8. The van der Waals surface area contributed by atoms with Gasteiger partial charge in [0.2, 0.25) is 0 Å². The number of aliphatic hydroxyl groups excluding tert-OH is 2. The topological polar surface area (TPSA) is 151 Å². The molecule has 0 bridgehead atoms. The first-order valence-electron chi connectivity index (χ1n) is 3.33. The molecular formula is C5H12N4O4. The second-order valence-corrected chi connectivity index (χ2v) is 2.38. The maximum absolute atomic E-state index is 10.4. The van der Waals surface area contributed by atoms with Crippen LogP contribution in [0.5, 0.6) is 0 Å². The lowest BCUT2D eigenvalue weighted by Gasteiger charge is -2.30. The number of carbonyl (C=O) groups is 2. The third-order valence-electron chi connectivity index (χ3n) is 1.26. The van der Waals surface area contributed by atoms with Crippen LogP contribution in [0.25, 0.3) is 0 Å². The fourth-order valence-electron chi connectivity index (χ4n) is 0.711. The van der Waals surface area contributed by atoms with E-state index in [9.17, 15) is 9.59 Å². The first kappa shape index (κ1) is 11.5. The summed E-state index contributed by atoms with van der Waals surface area (Å²) in [6, 6.07) is -2.01. The van der Waals surface area contributed by atoms with Crippen LogP contribution in [0, 0.1) is 0 Å². The fraction of sp³-hybridized carbons (Fsp3) is 0.600. The molecule has 13 heavy (non-hydrogen) atoms. The average Bonchev–Trinajstić information content (AvgIpc) is 2.01. The monoisotopic (exact) mass is 192 g/mol. The molecule has 0 aromatic carbocycles. The van der Waals surface area contributed by atoms with Crippen LogP contribution in [-0.4, -0.2) is 41.2 Å². The minimum atomic E-state index is -1.71. The number of amides is 4. The van der Waals surface area contributed by atoms with Crippen molar-refractivity contribution in [1.29, 1.82) is 0 Å². The van der Waals surface area contributed by atoms with E-state index in [0.29, 0.717) is 0 Å². The van der Waals surface area contributed by atoms with E-state index in [2.05, 4.69) is 0 Å². The van der Waals surface area contributed by atoms with Crippen molar-refractivity contribution in [3.63, 3.8) is 0 Å². The molecule has 8 heteroatoms. The van der Waals surface area contributed by atoms with Gasteiger partial charge in [0.15, 0.2) is 5.66 Å². The van der Waals surface area contributed by atoms with Crippen LogP contribution in [-0.2, 0) is 0 Å². The van der Waals surface area contributed by atoms with Crippen LogP contribution in [0.15, 0.2) is 0 Å². The van der Waals surface area contributed by atoms with E-state index in [1.807, 2.05) is 10.6 Å². The highest BCUT2D eigenvalue weighted by Crippen LogP contribution is 1.96. The first-order valence-corrected chi connectivity index (χ1v) is 3.33. The molecule has 4 amide bonds. The minimum absolute atomic E-state index is 0.727. The van der Waals surface area contributed by atoms with E-state index in [1.54, 1.807) is 0 Å². The Morgan fingerprint density at radius 2 is 1.38 bits per heavy atom. The molecular weight excluding hydrogens is 180 g/mol. The van der Waals surface area contributed by atoms with Crippen molar-refractivity contribution in [2.45, 2.75) is 5.66 Å². The smallest absolute Gasteiger partial charge is 0.314 e. The van der Waals surface area contributed by atoms with Gasteiger partial charge in [0, 0.05) is 0 Å². The Morgan fingerprint density at radius 1 is 1.08 bits per heavy atom. The molecule has 76 valence electrons. The van der Waals surface area contributed by atoms with Crippen LogP contribution in [0.3, 0.4) is 0 Å². The molecule has 0 aromatic rings. The molecule has 0 aliphatic heterocycles. The van der Waals surface area contributed by atoms with E-state index in [1.165, 1.54) is 0 Å². The van der Waals surface area contributed by atoms with Crippen molar-refractivity contribution >= 4 is 12.1 Å². The fourth-order valence-corrected chi connectivity index (χ4v) is 0.711. The summed E-state index contributed by atoms with van der Waals surface area (Å²) in [5, 5.41) is 21.4. The van der Waals surface area contributed by atoms with Gasteiger partial charge in [-0.05, 0) is 0 Å². The van der Waals surface area contributed by atoms with Crippen LogP contribution in [0.2, 0.25) is 0 Å². The summed E-state index contributed by atoms with van der Waals surface area (Å²) in [6.45, 7) is -1.45. The molecule has 8 nitrogen and oxygen atoms in total. The molecule has 0 aliphatic carbocycles. The second kappa shape index (κ2) is 4.48. The van der Waals surface area contributed by atoms with E-state index in [-0.39, 0.29) is 0 Å². The number of aliphatic hydroxyl groups is 2. The second-order valence-electron chi connectivity index (χ2n) is 2.38. The van der Waals surface area contributed by atoms with E-state index < -0.39 is 30.9 Å². The minimum Gasteiger partial charge on any atom is -0.392 e. The number of urea groups is 2. The van der Waals surface area contributed by atoms with Gasteiger partial charge in [-0.25, -0.2) is 9.59 Å². The van der Waals surface area contributed by atoms with Crippen molar-refractivity contribution < 1.29 is 19.8 Å². The lowest BCUT2D eigenvalue weighted by molar-refractivity contribution is 0.0803.